The molecule has 1 aromatic rings. The molecule has 4 N–H and O–H groups in total. The molecule has 1 atom stereocenters. The second kappa shape index (κ2) is 11.8. The predicted molar refractivity (Wildman–Crippen MR) is 121 cm³/mol. The van der Waals surface area contributed by atoms with Gasteiger partial charge in [0.25, 0.3) is 0 Å². The largest absolute Gasteiger partial charge is 0.327 e. The minimum absolute atomic E-state index is 0.244. The summed E-state index contributed by atoms with van der Waals surface area (Å²) in [6, 6.07) is 3.93. The number of rotatable bonds is 13. The number of nitrogens with two attached hydrogens (primary N) is 1. The van der Waals surface area contributed by atoms with Crippen molar-refractivity contribution in [2.75, 3.05) is 6.16 Å². The lowest BCUT2D eigenvalue weighted by Crippen LogP contribution is -2.42. The Morgan fingerprint density at radius 3 is 2.59 bits per heavy atom. The van der Waals surface area contributed by atoms with Gasteiger partial charge in [0.1, 0.15) is 0 Å². The average molecular weight is 444 g/mol. The number of thiophene rings is 1. The predicted octanol–water partition coefficient (Wildman–Crippen LogP) is 5.68. The number of hydrogen-bond acceptors (Lipinski definition) is 4. The van der Waals surface area contributed by atoms with Gasteiger partial charge in [-0.15, -0.1) is 11.3 Å². The Bertz CT molecular complexity index is 680. The summed E-state index contributed by atoms with van der Waals surface area (Å²) < 4.78 is 11.3. The van der Waals surface area contributed by atoms with Gasteiger partial charge in [0.2, 0.25) is 0 Å². The molecule has 0 spiro atoms. The molecule has 1 aliphatic carbocycles. The molecule has 1 aromatic heterocycles. The van der Waals surface area contributed by atoms with Crippen LogP contribution in [0.25, 0.3) is 0 Å². The zero-order chi connectivity index (χ0) is 21.3. The summed E-state index contributed by atoms with van der Waals surface area (Å²) in [6.07, 6.45) is 13.3. The van der Waals surface area contributed by atoms with Crippen LogP contribution < -0.4 is 5.73 Å². The smallest absolute Gasteiger partial charge is 0.325 e. The Morgan fingerprint density at radius 1 is 1.21 bits per heavy atom. The van der Waals surface area contributed by atoms with E-state index in [-0.39, 0.29) is 11.9 Å². The van der Waals surface area contributed by atoms with Crippen LogP contribution in [0.4, 0.5) is 0 Å². The van der Waals surface area contributed by atoms with Crippen LogP contribution in [0, 0.1) is 5.92 Å². The molecule has 0 radical (unpaired) electrons. The molecule has 5 nitrogen and oxygen atoms in total. The van der Waals surface area contributed by atoms with E-state index in [0.717, 1.165) is 41.4 Å². The van der Waals surface area contributed by atoms with Gasteiger partial charge in [0.15, 0.2) is 5.78 Å². The molecule has 7 heteroatoms. The van der Waals surface area contributed by atoms with Gasteiger partial charge in [-0.1, -0.05) is 51.9 Å². The minimum atomic E-state index is -4.11. The van der Waals surface area contributed by atoms with Crippen LogP contribution in [0.3, 0.4) is 0 Å². The van der Waals surface area contributed by atoms with E-state index in [2.05, 4.69) is 0 Å². The lowest BCUT2D eigenvalue weighted by Gasteiger charge is -2.28. The highest BCUT2D eigenvalue weighted by atomic mass is 32.1. The van der Waals surface area contributed by atoms with Gasteiger partial charge in [-0.25, -0.2) is 0 Å². The Kier molecular flexibility index (Phi) is 10.0. The van der Waals surface area contributed by atoms with Crippen LogP contribution in [0.1, 0.15) is 98.5 Å². The molecule has 0 saturated heterocycles. The van der Waals surface area contributed by atoms with Crippen molar-refractivity contribution >= 4 is 24.7 Å². The number of aryl methyl sites for hydroxylation is 1. The van der Waals surface area contributed by atoms with E-state index < -0.39 is 13.1 Å². The third-order valence-corrected chi connectivity index (χ3v) is 8.48. The van der Waals surface area contributed by atoms with Crippen molar-refractivity contribution in [2.45, 2.75) is 95.9 Å². The monoisotopic (exact) mass is 443 g/mol. The molecule has 29 heavy (non-hydrogen) atoms. The first-order valence-corrected chi connectivity index (χ1v) is 13.8. The summed E-state index contributed by atoms with van der Waals surface area (Å²) in [7, 11) is -4.11. The van der Waals surface area contributed by atoms with E-state index in [1.54, 1.807) is 11.3 Å². The molecule has 1 heterocycles. The molecular formula is C22H38NO4PS. The molecule has 1 unspecified atom stereocenters. The molecule has 0 aromatic carbocycles. The molecule has 1 saturated carbocycles. The van der Waals surface area contributed by atoms with Crippen LogP contribution in [0.5, 0.6) is 0 Å². The van der Waals surface area contributed by atoms with Crippen LogP contribution in [-0.2, 0) is 11.0 Å². The molecule has 0 amide bonds. The number of hydrogen-bond donors (Lipinski definition) is 3. The maximum atomic E-state index is 12.4. The van der Waals surface area contributed by atoms with E-state index in [0.29, 0.717) is 19.3 Å². The normalized spacial score (nSPS) is 17.9. The molecule has 0 aliphatic heterocycles. The van der Waals surface area contributed by atoms with Crippen LogP contribution in [-0.4, -0.2) is 27.3 Å². The number of ketones is 1. The highest BCUT2D eigenvalue weighted by molar-refractivity contribution is 7.51. The van der Waals surface area contributed by atoms with E-state index in [1.807, 2.05) is 19.1 Å². The lowest BCUT2D eigenvalue weighted by atomic mass is 9.85. The van der Waals surface area contributed by atoms with Crippen molar-refractivity contribution in [3.8, 4) is 0 Å². The van der Waals surface area contributed by atoms with Gasteiger partial charge >= 0.3 is 7.60 Å². The van der Waals surface area contributed by atoms with Crippen molar-refractivity contribution in [1.82, 2.24) is 0 Å². The van der Waals surface area contributed by atoms with Crippen LogP contribution in [0.2, 0.25) is 0 Å². The first-order chi connectivity index (χ1) is 13.7. The third-order valence-electron chi connectivity index (χ3n) is 6.25. The molecule has 0 bridgehead atoms. The molecule has 2 rings (SSSR count). The second-order valence-electron chi connectivity index (χ2n) is 8.83. The fourth-order valence-corrected chi connectivity index (χ4v) is 6.59. The van der Waals surface area contributed by atoms with Gasteiger partial charge in [0, 0.05) is 16.8 Å². The summed E-state index contributed by atoms with van der Waals surface area (Å²) in [5.41, 5.74) is 5.35. The van der Waals surface area contributed by atoms with E-state index in [1.165, 1.54) is 38.5 Å². The number of carbonyl (C=O) groups excluding carboxylic acids is 1. The quantitative estimate of drug-likeness (QED) is 0.207. The second-order valence-corrected chi connectivity index (χ2v) is 11.6. The van der Waals surface area contributed by atoms with Gasteiger partial charge in [-0.3, -0.25) is 9.36 Å². The summed E-state index contributed by atoms with van der Waals surface area (Å²) >= 11 is 1.55. The van der Waals surface area contributed by atoms with Crippen molar-refractivity contribution in [3.63, 3.8) is 0 Å². The SMILES string of the molecule is CCC(N)(CCCc1ccc(C(=O)CCCCC2CCCCC2)s1)CP(=O)(O)O. The minimum Gasteiger partial charge on any atom is -0.325 e. The van der Waals surface area contributed by atoms with Gasteiger partial charge < -0.3 is 15.5 Å². The Balaban J connectivity index is 1.69. The Labute approximate surface area is 179 Å². The van der Waals surface area contributed by atoms with Crippen LogP contribution >= 0.6 is 18.9 Å². The zero-order valence-electron chi connectivity index (χ0n) is 17.8. The molecular weight excluding hydrogens is 405 g/mol. The number of unbranched alkanes of at least 4 members (excludes halogenated alkanes) is 1. The van der Waals surface area contributed by atoms with Crippen molar-refractivity contribution < 1.29 is 19.1 Å². The summed E-state index contributed by atoms with van der Waals surface area (Å²) in [5.74, 6) is 1.13. The summed E-state index contributed by atoms with van der Waals surface area (Å²) in [4.78, 5) is 32.9. The summed E-state index contributed by atoms with van der Waals surface area (Å²) in [5, 5.41) is 0. The van der Waals surface area contributed by atoms with E-state index in [9.17, 15) is 19.1 Å². The first kappa shape index (κ1) is 24.7. The average Bonchev–Trinajstić information content (AvgIpc) is 3.13. The van der Waals surface area contributed by atoms with Gasteiger partial charge in [-0.05, 0) is 50.2 Å². The Hall–Kier alpha value is -0.520. The third kappa shape index (κ3) is 9.44. The maximum Gasteiger partial charge on any atom is 0.327 e. The fourth-order valence-electron chi connectivity index (χ4n) is 4.37. The topological polar surface area (TPSA) is 101 Å². The maximum absolute atomic E-state index is 12.4. The standard InChI is InChI=1S/C22H38NO4PS/c1-2-22(23,17-28(25,26)27)16-8-12-19-14-15-21(29-19)20(24)13-7-6-11-18-9-4-3-5-10-18/h14-15,18H,2-13,16-17,23H2,1H3,(H2,25,26,27). The van der Waals surface area contributed by atoms with Crippen molar-refractivity contribution in [2.24, 2.45) is 11.7 Å². The summed E-state index contributed by atoms with van der Waals surface area (Å²) in [6.45, 7) is 1.87. The number of carbonyl (C=O) groups is 1. The molecule has 166 valence electrons. The van der Waals surface area contributed by atoms with Crippen molar-refractivity contribution in [3.05, 3.63) is 21.9 Å². The zero-order valence-corrected chi connectivity index (χ0v) is 19.5. The highest BCUT2D eigenvalue weighted by Gasteiger charge is 2.31. The first-order valence-electron chi connectivity index (χ1n) is 11.2. The number of Topliss-reactive ketones (excluding diaryl/α,β-unsaturated/α-hetero) is 1. The van der Waals surface area contributed by atoms with Gasteiger partial charge in [0.05, 0.1) is 11.0 Å². The lowest BCUT2D eigenvalue weighted by molar-refractivity contribution is 0.0982. The highest BCUT2D eigenvalue weighted by Crippen LogP contribution is 2.40. The fraction of sp³-hybridized carbons (Fsp3) is 0.773. The Morgan fingerprint density at radius 2 is 1.93 bits per heavy atom. The molecule has 1 aliphatic rings. The van der Waals surface area contributed by atoms with E-state index in [4.69, 9.17) is 5.73 Å². The molecule has 1 fully saturated rings. The van der Waals surface area contributed by atoms with Crippen LogP contribution in [0.15, 0.2) is 12.1 Å². The van der Waals surface area contributed by atoms with Gasteiger partial charge in [-0.2, -0.15) is 0 Å². The van der Waals surface area contributed by atoms with E-state index >= 15 is 0 Å². The van der Waals surface area contributed by atoms with Crippen molar-refractivity contribution in [1.29, 1.82) is 0 Å².